The van der Waals surface area contributed by atoms with Gasteiger partial charge in [0.1, 0.15) is 0 Å². The molecule has 11 aromatic rings. The van der Waals surface area contributed by atoms with E-state index in [2.05, 4.69) is 293 Å². The van der Waals surface area contributed by atoms with Gasteiger partial charge in [-0.2, -0.15) is 0 Å². The molecule has 4 heteroatoms. The summed E-state index contributed by atoms with van der Waals surface area (Å²) in [4.78, 5) is 5.40. The second kappa shape index (κ2) is 18.5. The zero-order valence-electron chi connectivity index (χ0n) is 51.1. The van der Waals surface area contributed by atoms with Gasteiger partial charge in [0.25, 0.3) is 6.71 Å². The normalized spacial score (nSPS) is 15.0. The Kier molecular flexibility index (Phi) is 11.7. The third-order valence-corrected chi connectivity index (χ3v) is 20.7. The highest BCUT2D eigenvalue weighted by atomic mass is 32.1. The van der Waals surface area contributed by atoms with Crippen molar-refractivity contribution in [3.8, 4) is 22.3 Å². The summed E-state index contributed by atoms with van der Waals surface area (Å²) in [7, 11) is 0. The summed E-state index contributed by atoms with van der Waals surface area (Å²) < 4.78 is 2.65. The first-order chi connectivity index (χ1) is 40.2. The zero-order chi connectivity index (χ0) is 58.0. The number of hydrogen-bond acceptors (Lipinski definition) is 3. The molecule has 0 amide bonds. The lowest BCUT2D eigenvalue weighted by Gasteiger charge is -2.46. The topological polar surface area (TPSA) is 6.48 Å². The fourth-order valence-corrected chi connectivity index (χ4v) is 16.3. The van der Waals surface area contributed by atoms with Crippen molar-refractivity contribution < 1.29 is 0 Å². The fraction of sp³-hybridized carbons (Fsp3) is 0.250. The summed E-state index contributed by atoms with van der Waals surface area (Å²) >= 11 is 1.92. The zero-order valence-corrected chi connectivity index (χ0v) is 51.9. The minimum absolute atomic E-state index is 0.0119. The molecule has 2 aliphatic carbocycles. The average Bonchev–Trinajstić information content (AvgIpc) is 1.33. The first-order valence-corrected chi connectivity index (χ1v) is 31.5. The Morgan fingerprint density at radius 2 is 0.988 bits per heavy atom. The Labute approximate surface area is 503 Å². The molecule has 0 radical (unpaired) electrons. The second-order valence-electron chi connectivity index (χ2n) is 28.8. The van der Waals surface area contributed by atoms with Gasteiger partial charge in [-0.25, -0.2) is 0 Å². The summed E-state index contributed by atoms with van der Waals surface area (Å²) in [6.07, 6.45) is 3.38. The molecule has 0 spiro atoms. The van der Waals surface area contributed by atoms with Gasteiger partial charge in [0.05, 0.1) is 11.1 Å². The van der Waals surface area contributed by atoms with Crippen LogP contribution in [-0.2, 0) is 39.9 Å². The molecule has 15 rings (SSSR count). The van der Waals surface area contributed by atoms with Crippen molar-refractivity contribution in [3.63, 3.8) is 0 Å². The van der Waals surface area contributed by atoms with Gasteiger partial charge < -0.3 is 9.80 Å². The predicted octanol–water partition coefficient (Wildman–Crippen LogP) is 19.8. The minimum atomic E-state index is -0.550. The van der Waals surface area contributed by atoms with Gasteiger partial charge in [-0.05, 0) is 179 Å². The molecule has 0 bridgehead atoms. The van der Waals surface area contributed by atoms with Crippen LogP contribution in [0.25, 0.3) is 42.4 Å². The number of rotatable bonds is 5. The minimum Gasteiger partial charge on any atom is -0.311 e. The summed E-state index contributed by atoms with van der Waals surface area (Å²) in [6.45, 7) is 28.3. The maximum Gasteiger partial charge on any atom is 0.252 e. The smallest absolute Gasteiger partial charge is 0.252 e. The van der Waals surface area contributed by atoms with Crippen molar-refractivity contribution in [2.45, 2.75) is 129 Å². The molecule has 2 nitrogen and oxygen atoms in total. The molecular formula is C80H75BN2S. The first kappa shape index (κ1) is 52.9. The summed E-state index contributed by atoms with van der Waals surface area (Å²) in [5.74, 6) is 0. The van der Waals surface area contributed by atoms with Crippen LogP contribution in [-0.4, -0.2) is 6.71 Å². The van der Waals surface area contributed by atoms with Crippen molar-refractivity contribution in [2.75, 3.05) is 9.80 Å². The highest BCUT2D eigenvalue weighted by Crippen LogP contribution is 2.60. The molecular weight excluding hydrogens is 1030 g/mol. The first-order valence-electron chi connectivity index (χ1n) is 30.7. The van der Waals surface area contributed by atoms with Crippen molar-refractivity contribution in [2.24, 2.45) is 0 Å². The van der Waals surface area contributed by atoms with Crippen LogP contribution in [0.5, 0.6) is 0 Å². The number of aryl methyl sites for hydroxylation is 1. The number of nitrogens with zero attached hydrogens (tertiary/aromatic N) is 2. The van der Waals surface area contributed by atoms with E-state index in [0.29, 0.717) is 0 Å². The molecule has 414 valence electrons. The van der Waals surface area contributed by atoms with Gasteiger partial charge in [0, 0.05) is 59.7 Å². The quantitative estimate of drug-likeness (QED) is 0.159. The molecule has 0 saturated carbocycles. The molecule has 0 atom stereocenters. The molecule has 84 heavy (non-hydrogen) atoms. The summed E-state index contributed by atoms with van der Waals surface area (Å²) in [5, 5.41) is 2.63. The van der Waals surface area contributed by atoms with Crippen LogP contribution >= 0.6 is 11.3 Å². The van der Waals surface area contributed by atoms with Crippen LogP contribution in [0.3, 0.4) is 0 Å². The van der Waals surface area contributed by atoms with E-state index >= 15 is 0 Å². The molecule has 0 fully saturated rings. The van der Waals surface area contributed by atoms with E-state index in [1.54, 1.807) is 0 Å². The lowest BCUT2D eigenvalue weighted by molar-refractivity contribution is 0.589. The van der Waals surface area contributed by atoms with Crippen molar-refractivity contribution >= 4 is 88.7 Å². The van der Waals surface area contributed by atoms with Gasteiger partial charge in [0.2, 0.25) is 0 Å². The molecule has 10 aromatic carbocycles. The number of hydrogen-bond donors (Lipinski definition) is 0. The number of anilines is 6. The Bertz CT molecular complexity index is 4460. The average molecular weight is 1110 g/mol. The third-order valence-electron chi connectivity index (χ3n) is 19.5. The predicted molar refractivity (Wildman–Crippen MR) is 363 cm³/mol. The van der Waals surface area contributed by atoms with Crippen LogP contribution < -0.4 is 26.2 Å². The fourth-order valence-electron chi connectivity index (χ4n) is 15.1. The maximum atomic E-state index is 2.70. The van der Waals surface area contributed by atoms with Crippen LogP contribution in [0.2, 0.25) is 0 Å². The van der Waals surface area contributed by atoms with E-state index in [1.807, 2.05) is 11.3 Å². The van der Waals surface area contributed by atoms with Crippen molar-refractivity contribution in [1.82, 2.24) is 0 Å². The molecule has 0 saturated heterocycles. The Morgan fingerprint density at radius 3 is 1.65 bits per heavy atom. The Hall–Kier alpha value is -7.92. The van der Waals surface area contributed by atoms with Crippen molar-refractivity contribution in [1.29, 1.82) is 0 Å². The van der Waals surface area contributed by atoms with E-state index in [-0.39, 0.29) is 28.4 Å². The number of thiophene rings is 1. The van der Waals surface area contributed by atoms with Gasteiger partial charge in [0.15, 0.2) is 0 Å². The van der Waals surface area contributed by atoms with Crippen LogP contribution in [0, 0.1) is 0 Å². The molecule has 1 aromatic heterocycles. The maximum absolute atomic E-state index is 2.70. The second-order valence-corrected chi connectivity index (χ2v) is 29.8. The lowest BCUT2D eigenvalue weighted by Crippen LogP contribution is -2.61. The van der Waals surface area contributed by atoms with Crippen LogP contribution in [0.15, 0.2) is 200 Å². The molecule has 3 heterocycles. The SMILES string of the molecule is CC(C)(C)c1ccc(N2c3cc4c(cc3B3c5cc(C(C)(C)C)ccc5N(c5ccc(C(C)(C)C)cc5-c5cccc6c5sc5ccccc56)c5cc(C(C)(C)C)cc2c53)-c2ccc3c(c2C4(c2ccccc2)c2ccccc2)CCC3)cc1. The molecule has 0 N–H and O–H groups in total. The Morgan fingerprint density at radius 1 is 0.405 bits per heavy atom. The van der Waals surface area contributed by atoms with E-state index < -0.39 is 5.41 Å². The number of fused-ring (bicyclic) bond motifs is 12. The Balaban J connectivity index is 1.09. The van der Waals surface area contributed by atoms with Crippen molar-refractivity contribution in [3.05, 3.63) is 256 Å². The highest BCUT2D eigenvalue weighted by molar-refractivity contribution is 7.26. The monoisotopic (exact) mass is 1110 g/mol. The van der Waals surface area contributed by atoms with E-state index in [9.17, 15) is 0 Å². The standard InChI is InChI=1S/C80H75BN2S/c1-76(2,3)50-34-38-56(39-35-50)82-69-48-64-62(59-40-33-49-23-21-29-57(49)73(59)80(64,51-24-15-13-16-25-51)52-26-17-14-18-27-52)47-66(69)81-65-44-54(78(7,8)9)37-42-68(65)83(71-46-55(79(10,11)12)45-70(82)74(71)81)67-41-36-53(77(4,5)6)43-63(67)61-31-22-30-60-58-28-19-20-32-72(58)84-75(60)61/h13-20,22,24-28,30-48H,21,23,29H2,1-12H3. The van der Waals surface area contributed by atoms with Gasteiger partial charge in [-0.15, -0.1) is 11.3 Å². The summed E-state index contributed by atoms with van der Waals surface area (Å²) in [6, 6.07) is 79.1. The molecule has 0 unspecified atom stereocenters. The van der Waals surface area contributed by atoms with E-state index in [4.69, 9.17) is 0 Å². The van der Waals surface area contributed by atoms with Gasteiger partial charge in [-0.1, -0.05) is 229 Å². The molecule has 2 aliphatic heterocycles. The van der Waals surface area contributed by atoms with Gasteiger partial charge in [-0.3, -0.25) is 0 Å². The lowest BCUT2D eigenvalue weighted by atomic mass is 9.33. The van der Waals surface area contributed by atoms with Crippen LogP contribution in [0.1, 0.15) is 145 Å². The number of benzene rings is 10. The van der Waals surface area contributed by atoms with E-state index in [1.165, 1.54) is 155 Å². The van der Waals surface area contributed by atoms with Gasteiger partial charge >= 0.3 is 0 Å². The summed E-state index contributed by atoms with van der Waals surface area (Å²) in [5.41, 5.74) is 29.5. The van der Waals surface area contributed by atoms with Crippen LogP contribution in [0.4, 0.5) is 34.1 Å². The largest absolute Gasteiger partial charge is 0.311 e. The highest BCUT2D eigenvalue weighted by Gasteiger charge is 2.52. The van der Waals surface area contributed by atoms with E-state index in [0.717, 1.165) is 12.8 Å². The third kappa shape index (κ3) is 7.88. The molecule has 4 aliphatic rings.